The number of benzene rings is 1. The van der Waals surface area contributed by atoms with E-state index in [9.17, 15) is 18.0 Å². The molecule has 0 spiro atoms. The summed E-state index contributed by atoms with van der Waals surface area (Å²) in [5, 5.41) is 4.22. The number of methoxy groups -OCH3 is 1. The summed E-state index contributed by atoms with van der Waals surface area (Å²) < 4.78 is 35.3. The molecule has 2 aromatic rings. The molecule has 1 saturated heterocycles. The fraction of sp³-hybridized carbons (Fsp3) is 0.421. The fourth-order valence-corrected chi connectivity index (χ4v) is 4.95. The highest BCUT2D eigenvalue weighted by molar-refractivity contribution is 7.91. The highest BCUT2D eigenvalue weighted by Gasteiger charge is 2.35. The topological polar surface area (TPSA) is 108 Å². The van der Waals surface area contributed by atoms with Crippen LogP contribution in [0, 0.1) is 0 Å². The van der Waals surface area contributed by atoms with Crippen LogP contribution in [0.3, 0.4) is 0 Å². The van der Waals surface area contributed by atoms with Crippen molar-refractivity contribution >= 4 is 21.7 Å². The van der Waals surface area contributed by atoms with E-state index in [1.54, 1.807) is 6.20 Å². The Morgan fingerprint density at radius 3 is 2.55 bits per heavy atom. The first kappa shape index (κ1) is 20.8. The second-order valence-corrected chi connectivity index (χ2v) is 9.11. The largest absolute Gasteiger partial charge is 0.493 e. The van der Waals surface area contributed by atoms with Crippen LogP contribution in [0.2, 0.25) is 0 Å². The van der Waals surface area contributed by atoms with Crippen LogP contribution in [0.15, 0.2) is 36.5 Å². The highest BCUT2D eigenvalue weighted by atomic mass is 32.2. The minimum atomic E-state index is -3.13. The van der Waals surface area contributed by atoms with Crippen LogP contribution in [0.4, 0.5) is 0 Å². The first-order valence-corrected chi connectivity index (χ1v) is 10.9. The summed E-state index contributed by atoms with van der Waals surface area (Å²) in [6.45, 7) is 1.45. The molecule has 1 aromatic carbocycles. The zero-order valence-corrected chi connectivity index (χ0v) is 17.3. The number of sulfone groups is 1. The lowest BCUT2D eigenvalue weighted by molar-refractivity contribution is -0.140. The number of nitrogens with zero attached hydrogens (tertiary/aromatic N) is 3. The average molecular weight is 421 g/mol. The molecule has 1 fully saturated rings. The molecule has 10 heteroatoms. The number of rotatable bonds is 6. The van der Waals surface area contributed by atoms with Gasteiger partial charge in [-0.25, -0.2) is 17.9 Å². The Kier molecular flexibility index (Phi) is 5.92. The molecule has 0 unspecified atom stereocenters. The third-order valence-electron chi connectivity index (χ3n) is 4.85. The molecular formula is C19H23N3O6S. The average Bonchev–Trinajstić information content (AvgIpc) is 3.30. The number of para-hydroxylation sites is 1. The Balaban J connectivity index is 1.71. The van der Waals surface area contributed by atoms with Crippen molar-refractivity contribution < 1.29 is 27.5 Å². The van der Waals surface area contributed by atoms with Crippen LogP contribution >= 0.6 is 0 Å². The Morgan fingerprint density at radius 2 is 1.97 bits per heavy atom. The van der Waals surface area contributed by atoms with Crippen LogP contribution in [-0.4, -0.2) is 72.8 Å². The van der Waals surface area contributed by atoms with Crippen molar-refractivity contribution in [2.24, 2.45) is 0 Å². The molecule has 29 heavy (non-hydrogen) atoms. The standard InChI is InChI=1S/C19H23N3O6S/c1-13(18(23)21(2)15-9-10-29(25,26)12-15)28-19(24)17-16(27-3)11-22(20-17)14-7-5-4-6-8-14/h4-8,11,13,15H,9-10,12H2,1-3H3/t13-,15+/m1/s1. The van der Waals surface area contributed by atoms with Crippen molar-refractivity contribution in [1.82, 2.24) is 14.7 Å². The zero-order chi connectivity index (χ0) is 21.2. The molecule has 0 saturated carbocycles. The van der Waals surface area contributed by atoms with Crippen molar-refractivity contribution in [3.8, 4) is 11.4 Å². The summed E-state index contributed by atoms with van der Waals surface area (Å²) in [7, 11) is -0.204. The maximum Gasteiger partial charge on any atom is 0.363 e. The summed E-state index contributed by atoms with van der Waals surface area (Å²) in [4.78, 5) is 26.5. The number of carbonyl (C=O) groups is 2. The van der Waals surface area contributed by atoms with Gasteiger partial charge in [-0.05, 0) is 25.5 Å². The van der Waals surface area contributed by atoms with Gasteiger partial charge in [0.05, 0.1) is 30.5 Å². The number of amides is 1. The second-order valence-electron chi connectivity index (χ2n) is 6.88. The molecule has 0 aliphatic carbocycles. The maximum absolute atomic E-state index is 12.6. The summed E-state index contributed by atoms with van der Waals surface area (Å²) >= 11 is 0. The van der Waals surface area contributed by atoms with Crippen LogP contribution in [0.25, 0.3) is 5.69 Å². The highest BCUT2D eigenvalue weighted by Crippen LogP contribution is 2.22. The van der Waals surface area contributed by atoms with Gasteiger partial charge < -0.3 is 14.4 Å². The predicted molar refractivity (Wildman–Crippen MR) is 105 cm³/mol. The lowest BCUT2D eigenvalue weighted by Gasteiger charge is -2.26. The van der Waals surface area contributed by atoms with E-state index in [0.717, 1.165) is 5.69 Å². The van der Waals surface area contributed by atoms with E-state index >= 15 is 0 Å². The molecule has 1 aromatic heterocycles. The quantitative estimate of drug-likeness (QED) is 0.642. The van der Waals surface area contributed by atoms with Gasteiger partial charge in [-0.1, -0.05) is 18.2 Å². The van der Waals surface area contributed by atoms with Crippen molar-refractivity contribution in [1.29, 1.82) is 0 Å². The van der Waals surface area contributed by atoms with Gasteiger partial charge in [0.1, 0.15) is 0 Å². The van der Waals surface area contributed by atoms with E-state index in [4.69, 9.17) is 9.47 Å². The van der Waals surface area contributed by atoms with Crippen LogP contribution in [0.5, 0.6) is 5.75 Å². The van der Waals surface area contributed by atoms with Crippen molar-refractivity contribution in [2.75, 3.05) is 25.7 Å². The van der Waals surface area contributed by atoms with E-state index in [1.807, 2.05) is 30.3 Å². The molecule has 9 nitrogen and oxygen atoms in total. The normalized spacial score (nSPS) is 18.8. The van der Waals surface area contributed by atoms with Gasteiger partial charge >= 0.3 is 5.97 Å². The van der Waals surface area contributed by atoms with Gasteiger partial charge in [0.2, 0.25) is 5.69 Å². The minimum absolute atomic E-state index is 0.0532. The maximum atomic E-state index is 12.6. The Morgan fingerprint density at radius 1 is 1.28 bits per heavy atom. The zero-order valence-electron chi connectivity index (χ0n) is 16.4. The van der Waals surface area contributed by atoms with E-state index < -0.39 is 33.9 Å². The molecule has 0 radical (unpaired) electrons. The number of hydrogen-bond donors (Lipinski definition) is 0. The number of ether oxygens (including phenoxy) is 2. The number of carbonyl (C=O) groups excluding carboxylic acids is 2. The third-order valence-corrected chi connectivity index (χ3v) is 6.60. The van der Waals surface area contributed by atoms with Gasteiger partial charge in [0.25, 0.3) is 5.91 Å². The molecule has 1 amide bonds. The summed E-state index contributed by atoms with van der Waals surface area (Å²) in [5.41, 5.74) is 0.679. The molecule has 1 aliphatic rings. The van der Waals surface area contributed by atoms with Crippen molar-refractivity contribution in [2.45, 2.75) is 25.5 Å². The number of aromatic nitrogens is 2. The van der Waals surface area contributed by atoms with Crippen molar-refractivity contribution in [3.63, 3.8) is 0 Å². The summed E-state index contributed by atoms with van der Waals surface area (Å²) in [5.74, 6) is -1.08. The van der Waals surface area contributed by atoms with Crippen LogP contribution < -0.4 is 4.74 Å². The smallest absolute Gasteiger partial charge is 0.363 e. The molecule has 0 N–H and O–H groups in total. The second kappa shape index (κ2) is 8.24. The number of hydrogen-bond acceptors (Lipinski definition) is 7. The molecule has 2 heterocycles. The third kappa shape index (κ3) is 4.58. The van der Waals surface area contributed by atoms with E-state index in [-0.39, 0.29) is 22.9 Å². The lowest BCUT2D eigenvalue weighted by Crippen LogP contribution is -2.44. The summed E-state index contributed by atoms with van der Waals surface area (Å²) in [6.07, 6.45) is 0.830. The molecule has 3 rings (SSSR count). The fourth-order valence-electron chi connectivity index (χ4n) is 3.18. The Hall–Kier alpha value is -2.88. The van der Waals surface area contributed by atoms with Gasteiger partial charge in [-0.2, -0.15) is 5.10 Å². The van der Waals surface area contributed by atoms with E-state index in [0.29, 0.717) is 6.42 Å². The SMILES string of the molecule is COc1cn(-c2ccccc2)nc1C(=O)O[C@H](C)C(=O)N(C)[C@H]1CCS(=O)(=O)C1. The lowest BCUT2D eigenvalue weighted by atomic mass is 10.2. The van der Waals surface area contributed by atoms with E-state index in [2.05, 4.69) is 5.10 Å². The monoisotopic (exact) mass is 421 g/mol. The van der Waals surface area contributed by atoms with Crippen LogP contribution in [0.1, 0.15) is 23.8 Å². The summed E-state index contributed by atoms with van der Waals surface area (Å²) in [6, 6.07) is 8.75. The van der Waals surface area contributed by atoms with E-state index in [1.165, 1.54) is 30.7 Å². The van der Waals surface area contributed by atoms with Gasteiger partial charge in [-0.15, -0.1) is 0 Å². The number of likely N-dealkylation sites (N-methyl/N-ethyl adjacent to an activating group) is 1. The van der Waals surface area contributed by atoms with Gasteiger partial charge in [0, 0.05) is 13.1 Å². The molecule has 156 valence electrons. The Bertz CT molecular complexity index is 1000. The molecule has 1 aliphatic heterocycles. The minimum Gasteiger partial charge on any atom is -0.493 e. The Labute approximate surface area is 169 Å². The predicted octanol–water partition coefficient (Wildman–Crippen LogP) is 1.07. The molecular weight excluding hydrogens is 398 g/mol. The van der Waals surface area contributed by atoms with Gasteiger partial charge in [-0.3, -0.25) is 4.79 Å². The molecule has 0 bridgehead atoms. The number of esters is 1. The molecule has 2 atom stereocenters. The van der Waals surface area contributed by atoms with Gasteiger partial charge in [0.15, 0.2) is 21.7 Å². The van der Waals surface area contributed by atoms with Crippen molar-refractivity contribution in [3.05, 3.63) is 42.2 Å². The first-order valence-electron chi connectivity index (χ1n) is 9.09. The first-order chi connectivity index (χ1) is 13.7. The van der Waals surface area contributed by atoms with Crippen LogP contribution in [-0.2, 0) is 19.4 Å².